The van der Waals surface area contributed by atoms with Crippen molar-refractivity contribution in [3.05, 3.63) is 53.9 Å². The first-order chi connectivity index (χ1) is 10.1. The van der Waals surface area contributed by atoms with Crippen molar-refractivity contribution in [2.75, 3.05) is 11.1 Å². The van der Waals surface area contributed by atoms with Crippen molar-refractivity contribution in [3.8, 4) is 0 Å². The van der Waals surface area contributed by atoms with Crippen LogP contribution in [0.3, 0.4) is 0 Å². The summed E-state index contributed by atoms with van der Waals surface area (Å²) >= 11 is 0. The Kier molecular flexibility index (Phi) is 3.39. The van der Waals surface area contributed by atoms with Gasteiger partial charge in [-0.2, -0.15) is 0 Å². The molecule has 0 saturated heterocycles. The van der Waals surface area contributed by atoms with E-state index in [9.17, 15) is 0 Å². The van der Waals surface area contributed by atoms with Crippen molar-refractivity contribution in [1.82, 2.24) is 15.0 Å². The third-order valence-electron chi connectivity index (χ3n) is 3.37. The number of nitrogens with zero attached hydrogens (tertiary/aromatic N) is 3. The van der Waals surface area contributed by atoms with Crippen LogP contribution in [0, 0.1) is 13.8 Å². The fourth-order valence-electron chi connectivity index (χ4n) is 2.22. The Bertz CT molecular complexity index is 781. The van der Waals surface area contributed by atoms with Gasteiger partial charge in [0.2, 0.25) is 0 Å². The van der Waals surface area contributed by atoms with E-state index in [0.717, 1.165) is 39.2 Å². The van der Waals surface area contributed by atoms with Gasteiger partial charge in [0, 0.05) is 40.2 Å². The maximum Gasteiger partial charge on any atom is 0.0777 e. The molecule has 0 amide bonds. The number of nitrogen functional groups attached to an aromatic ring is 1. The Morgan fingerprint density at radius 2 is 1.76 bits per heavy atom. The molecule has 3 N–H and O–H groups in total. The van der Waals surface area contributed by atoms with Crippen molar-refractivity contribution < 1.29 is 0 Å². The van der Waals surface area contributed by atoms with E-state index < -0.39 is 0 Å². The standard InChI is InChI=1S/C16H17N5/c1-10-5-13-14(9-19-10)15(17)3-4-16(13)21-8-12-7-18-11(2)6-20-12/h3-7,9,21H,8,17H2,1-2H3. The van der Waals surface area contributed by atoms with Crippen LogP contribution in [0.25, 0.3) is 10.8 Å². The van der Waals surface area contributed by atoms with Crippen LogP contribution in [0.4, 0.5) is 11.4 Å². The number of aryl methyl sites for hydroxylation is 2. The van der Waals surface area contributed by atoms with Crippen LogP contribution >= 0.6 is 0 Å². The van der Waals surface area contributed by atoms with Crippen LogP contribution in [0.5, 0.6) is 0 Å². The zero-order valence-electron chi connectivity index (χ0n) is 12.1. The average molecular weight is 279 g/mol. The molecule has 0 fully saturated rings. The molecule has 2 aromatic heterocycles. The van der Waals surface area contributed by atoms with Crippen molar-refractivity contribution in [3.63, 3.8) is 0 Å². The number of aromatic nitrogens is 3. The molecule has 0 aliphatic carbocycles. The van der Waals surface area contributed by atoms with Gasteiger partial charge < -0.3 is 11.1 Å². The molecule has 1 aromatic carbocycles. The van der Waals surface area contributed by atoms with Gasteiger partial charge in [0.25, 0.3) is 0 Å². The molecule has 5 nitrogen and oxygen atoms in total. The summed E-state index contributed by atoms with van der Waals surface area (Å²) in [4.78, 5) is 12.9. The molecular formula is C16H17N5. The molecule has 21 heavy (non-hydrogen) atoms. The molecule has 0 aliphatic heterocycles. The van der Waals surface area contributed by atoms with Crippen LogP contribution in [0.15, 0.2) is 36.8 Å². The molecule has 106 valence electrons. The lowest BCUT2D eigenvalue weighted by atomic mass is 10.1. The maximum absolute atomic E-state index is 6.01. The van der Waals surface area contributed by atoms with E-state index in [1.54, 1.807) is 12.4 Å². The van der Waals surface area contributed by atoms with Crippen LogP contribution in [-0.4, -0.2) is 15.0 Å². The SMILES string of the molecule is Cc1cnc(CNc2ccc(N)c3cnc(C)cc23)cn1. The van der Waals surface area contributed by atoms with Crippen molar-refractivity contribution >= 4 is 22.1 Å². The summed E-state index contributed by atoms with van der Waals surface area (Å²) in [6.45, 7) is 4.51. The third kappa shape index (κ3) is 2.76. The highest BCUT2D eigenvalue weighted by molar-refractivity contribution is 6.00. The van der Waals surface area contributed by atoms with E-state index in [0.29, 0.717) is 6.54 Å². The molecule has 0 saturated carbocycles. The van der Waals surface area contributed by atoms with E-state index in [1.165, 1.54) is 0 Å². The Labute approximate surface area is 123 Å². The summed E-state index contributed by atoms with van der Waals surface area (Å²) in [6, 6.07) is 5.91. The molecule has 3 aromatic rings. The number of anilines is 2. The summed E-state index contributed by atoms with van der Waals surface area (Å²) < 4.78 is 0. The molecule has 0 spiro atoms. The zero-order chi connectivity index (χ0) is 14.8. The van der Waals surface area contributed by atoms with Gasteiger partial charge in [-0.1, -0.05) is 0 Å². The molecule has 0 atom stereocenters. The van der Waals surface area contributed by atoms with Crippen LogP contribution in [-0.2, 0) is 6.54 Å². The quantitative estimate of drug-likeness (QED) is 0.721. The fourth-order valence-corrected chi connectivity index (χ4v) is 2.22. The highest BCUT2D eigenvalue weighted by Crippen LogP contribution is 2.28. The predicted octanol–water partition coefficient (Wildman–Crippen LogP) is 2.84. The summed E-state index contributed by atoms with van der Waals surface area (Å²) in [5, 5.41) is 5.42. The summed E-state index contributed by atoms with van der Waals surface area (Å²) in [5.41, 5.74) is 10.5. The molecular weight excluding hydrogens is 262 g/mol. The highest BCUT2D eigenvalue weighted by Gasteiger charge is 2.05. The van der Waals surface area contributed by atoms with Gasteiger partial charge in [0.15, 0.2) is 0 Å². The van der Waals surface area contributed by atoms with E-state index >= 15 is 0 Å². The average Bonchev–Trinajstić information content (AvgIpc) is 2.48. The summed E-state index contributed by atoms with van der Waals surface area (Å²) in [6.07, 6.45) is 5.37. The minimum atomic E-state index is 0.619. The number of hydrogen-bond acceptors (Lipinski definition) is 5. The van der Waals surface area contributed by atoms with Crippen LogP contribution in [0.2, 0.25) is 0 Å². The number of rotatable bonds is 3. The monoisotopic (exact) mass is 279 g/mol. The molecule has 0 unspecified atom stereocenters. The number of fused-ring (bicyclic) bond motifs is 1. The lowest BCUT2D eigenvalue weighted by molar-refractivity contribution is 0.986. The minimum Gasteiger partial charge on any atom is -0.398 e. The van der Waals surface area contributed by atoms with Gasteiger partial charge in [-0.05, 0) is 32.0 Å². The Morgan fingerprint density at radius 1 is 0.952 bits per heavy atom. The molecule has 0 aliphatic rings. The first-order valence-corrected chi connectivity index (χ1v) is 6.80. The molecule has 3 rings (SSSR count). The summed E-state index contributed by atoms with van der Waals surface area (Å²) in [7, 11) is 0. The van der Waals surface area contributed by atoms with Gasteiger partial charge in [-0.15, -0.1) is 0 Å². The smallest absolute Gasteiger partial charge is 0.0777 e. The van der Waals surface area contributed by atoms with Crippen molar-refractivity contribution in [1.29, 1.82) is 0 Å². The number of nitrogens with two attached hydrogens (primary N) is 1. The maximum atomic E-state index is 6.01. The molecule has 2 heterocycles. The van der Waals surface area contributed by atoms with Gasteiger partial charge in [0.1, 0.15) is 0 Å². The van der Waals surface area contributed by atoms with E-state index in [2.05, 4.69) is 20.3 Å². The number of pyridine rings is 1. The zero-order valence-corrected chi connectivity index (χ0v) is 12.1. The second-order valence-corrected chi connectivity index (χ2v) is 5.08. The Hall–Kier alpha value is -2.69. The first kappa shape index (κ1) is 13.3. The second kappa shape index (κ2) is 5.36. The summed E-state index contributed by atoms with van der Waals surface area (Å²) in [5.74, 6) is 0. The van der Waals surface area contributed by atoms with Crippen LogP contribution in [0.1, 0.15) is 17.1 Å². The first-order valence-electron chi connectivity index (χ1n) is 6.80. The van der Waals surface area contributed by atoms with E-state index in [4.69, 9.17) is 5.73 Å². The molecule has 0 bridgehead atoms. The predicted molar refractivity (Wildman–Crippen MR) is 85.0 cm³/mol. The third-order valence-corrected chi connectivity index (χ3v) is 3.37. The second-order valence-electron chi connectivity index (χ2n) is 5.08. The minimum absolute atomic E-state index is 0.619. The number of nitrogens with one attached hydrogen (secondary N) is 1. The lowest BCUT2D eigenvalue weighted by Crippen LogP contribution is -2.04. The fraction of sp³-hybridized carbons (Fsp3) is 0.188. The van der Waals surface area contributed by atoms with Crippen molar-refractivity contribution in [2.45, 2.75) is 20.4 Å². The van der Waals surface area contributed by atoms with Gasteiger partial charge in [-0.3, -0.25) is 15.0 Å². The van der Waals surface area contributed by atoms with E-state index in [-0.39, 0.29) is 0 Å². The Balaban J connectivity index is 1.91. The van der Waals surface area contributed by atoms with Gasteiger partial charge in [-0.25, -0.2) is 0 Å². The Morgan fingerprint density at radius 3 is 2.52 bits per heavy atom. The molecule has 5 heteroatoms. The highest BCUT2D eigenvalue weighted by atomic mass is 14.9. The largest absolute Gasteiger partial charge is 0.398 e. The topological polar surface area (TPSA) is 76.7 Å². The lowest BCUT2D eigenvalue weighted by Gasteiger charge is -2.11. The molecule has 0 radical (unpaired) electrons. The van der Waals surface area contributed by atoms with Crippen LogP contribution < -0.4 is 11.1 Å². The van der Waals surface area contributed by atoms with Crippen molar-refractivity contribution in [2.24, 2.45) is 0 Å². The van der Waals surface area contributed by atoms with Gasteiger partial charge in [0.05, 0.1) is 24.1 Å². The number of benzene rings is 1. The van der Waals surface area contributed by atoms with E-state index in [1.807, 2.05) is 38.2 Å². The normalized spacial score (nSPS) is 10.8. The number of hydrogen-bond donors (Lipinski definition) is 2. The van der Waals surface area contributed by atoms with Gasteiger partial charge >= 0.3 is 0 Å².